The molecule has 1 atom stereocenters. The van der Waals surface area contributed by atoms with Crippen LogP contribution in [0.2, 0.25) is 0 Å². The van der Waals surface area contributed by atoms with Crippen LogP contribution < -0.4 is 5.73 Å². The zero-order valence-corrected chi connectivity index (χ0v) is 11.5. The van der Waals surface area contributed by atoms with E-state index < -0.39 is 5.60 Å². The number of aryl methyl sites for hydroxylation is 1. The van der Waals surface area contributed by atoms with Gasteiger partial charge in [-0.05, 0) is 43.9 Å². The Kier molecular flexibility index (Phi) is 6.10. The lowest BCUT2D eigenvalue weighted by molar-refractivity contribution is 0.102. The van der Waals surface area contributed by atoms with Crippen molar-refractivity contribution in [3.63, 3.8) is 0 Å². The SMILES string of the molecule is CCCC(C)(O)C=Cc1cccc(CCCN)c1. The summed E-state index contributed by atoms with van der Waals surface area (Å²) in [4.78, 5) is 0. The first-order chi connectivity index (χ1) is 8.57. The van der Waals surface area contributed by atoms with Crippen LogP contribution in [0.3, 0.4) is 0 Å². The van der Waals surface area contributed by atoms with Crippen molar-refractivity contribution in [2.45, 2.75) is 45.1 Å². The molecule has 0 aliphatic rings. The molecule has 18 heavy (non-hydrogen) atoms. The van der Waals surface area contributed by atoms with Gasteiger partial charge >= 0.3 is 0 Å². The molecule has 1 aromatic rings. The van der Waals surface area contributed by atoms with Crippen molar-refractivity contribution in [1.29, 1.82) is 0 Å². The lowest BCUT2D eigenvalue weighted by Crippen LogP contribution is -2.19. The average molecular weight is 247 g/mol. The lowest BCUT2D eigenvalue weighted by Gasteiger charge is -2.17. The maximum Gasteiger partial charge on any atom is 0.0802 e. The topological polar surface area (TPSA) is 46.2 Å². The third-order valence-electron chi connectivity index (χ3n) is 3.01. The molecule has 0 aliphatic heterocycles. The van der Waals surface area contributed by atoms with Crippen LogP contribution >= 0.6 is 0 Å². The molecule has 0 saturated carbocycles. The first-order valence-corrected chi connectivity index (χ1v) is 6.78. The van der Waals surface area contributed by atoms with Gasteiger partial charge in [0.15, 0.2) is 0 Å². The van der Waals surface area contributed by atoms with E-state index in [1.165, 1.54) is 5.56 Å². The fourth-order valence-electron chi connectivity index (χ4n) is 2.02. The maximum atomic E-state index is 10.1. The normalized spacial score (nSPS) is 14.9. The van der Waals surface area contributed by atoms with Gasteiger partial charge in [0, 0.05) is 0 Å². The smallest absolute Gasteiger partial charge is 0.0802 e. The van der Waals surface area contributed by atoms with Crippen LogP contribution in [0, 0.1) is 0 Å². The van der Waals surface area contributed by atoms with Crippen molar-refractivity contribution >= 4 is 6.08 Å². The van der Waals surface area contributed by atoms with E-state index in [1.807, 2.05) is 19.1 Å². The van der Waals surface area contributed by atoms with Gasteiger partial charge in [0.1, 0.15) is 0 Å². The Hall–Kier alpha value is -1.12. The van der Waals surface area contributed by atoms with Crippen LogP contribution in [0.5, 0.6) is 0 Å². The quantitative estimate of drug-likeness (QED) is 0.777. The molecule has 0 aliphatic carbocycles. The van der Waals surface area contributed by atoms with Gasteiger partial charge in [-0.3, -0.25) is 0 Å². The Bertz CT molecular complexity index is 382. The Labute approximate surface area is 111 Å². The van der Waals surface area contributed by atoms with E-state index >= 15 is 0 Å². The molecule has 0 spiro atoms. The van der Waals surface area contributed by atoms with Gasteiger partial charge in [0.05, 0.1) is 5.60 Å². The van der Waals surface area contributed by atoms with Crippen LogP contribution in [0.15, 0.2) is 30.3 Å². The second-order valence-electron chi connectivity index (χ2n) is 5.08. The van der Waals surface area contributed by atoms with Crippen LogP contribution in [0.1, 0.15) is 44.2 Å². The average Bonchev–Trinajstić information content (AvgIpc) is 2.35. The van der Waals surface area contributed by atoms with Gasteiger partial charge in [0.2, 0.25) is 0 Å². The van der Waals surface area contributed by atoms with Gasteiger partial charge in [0.25, 0.3) is 0 Å². The van der Waals surface area contributed by atoms with E-state index in [1.54, 1.807) is 0 Å². The molecule has 0 bridgehead atoms. The number of benzene rings is 1. The van der Waals surface area contributed by atoms with Crippen molar-refractivity contribution in [1.82, 2.24) is 0 Å². The molecule has 1 aromatic carbocycles. The van der Waals surface area contributed by atoms with E-state index in [0.29, 0.717) is 0 Å². The molecule has 0 heterocycles. The zero-order chi connectivity index (χ0) is 13.4. The Morgan fingerprint density at radius 3 is 2.83 bits per heavy atom. The third kappa shape index (κ3) is 5.48. The standard InChI is InChI=1S/C16H25NO/c1-3-10-16(2,18)11-9-15-7-4-6-14(13-15)8-5-12-17/h4,6-7,9,11,13,18H,3,5,8,10,12,17H2,1-2H3. The zero-order valence-electron chi connectivity index (χ0n) is 11.5. The molecule has 2 heteroatoms. The monoisotopic (exact) mass is 247 g/mol. The van der Waals surface area contributed by atoms with Gasteiger partial charge in [-0.25, -0.2) is 0 Å². The molecule has 0 aromatic heterocycles. The molecule has 0 amide bonds. The summed E-state index contributed by atoms with van der Waals surface area (Å²) in [6.45, 7) is 4.66. The van der Waals surface area contributed by atoms with E-state index in [0.717, 1.165) is 37.8 Å². The first-order valence-electron chi connectivity index (χ1n) is 6.78. The van der Waals surface area contributed by atoms with Crippen molar-refractivity contribution in [3.8, 4) is 0 Å². The minimum absolute atomic E-state index is 0.706. The Morgan fingerprint density at radius 2 is 2.17 bits per heavy atom. The van der Waals surface area contributed by atoms with E-state index in [9.17, 15) is 5.11 Å². The van der Waals surface area contributed by atoms with Crippen molar-refractivity contribution in [2.24, 2.45) is 5.73 Å². The summed E-state index contributed by atoms with van der Waals surface area (Å²) in [6.07, 6.45) is 7.69. The number of hydrogen-bond donors (Lipinski definition) is 2. The number of aliphatic hydroxyl groups is 1. The molecule has 1 unspecified atom stereocenters. The van der Waals surface area contributed by atoms with Gasteiger partial charge in [-0.15, -0.1) is 0 Å². The fraction of sp³-hybridized carbons (Fsp3) is 0.500. The largest absolute Gasteiger partial charge is 0.386 e. The molecule has 0 fully saturated rings. The minimum Gasteiger partial charge on any atom is -0.386 e. The molecule has 1 rings (SSSR count). The van der Waals surface area contributed by atoms with Crippen LogP contribution in [0.4, 0.5) is 0 Å². The first kappa shape index (κ1) is 14.9. The molecular weight excluding hydrogens is 222 g/mol. The van der Waals surface area contributed by atoms with Gasteiger partial charge in [-0.2, -0.15) is 0 Å². The summed E-state index contributed by atoms with van der Waals surface area (Å²) in [7, 11) is 0. The van der Waals surface area contributed by atoms with Crippen LogP contribution in [0.25, 0.3) is 6.08 Å². The molecular formula is C16H25NO. The molecule has 100 valence electrons. The van der Waals surface area contributed by atoms with Crippen LogP contribution in [-0.2, 0) is 6.42 Å². The van der Waals surface area contributed by atoms with Crippen LogP contribution in [-0.4, -0.2) is 17.3 Å². The summed E-state index contributed by atoms with van der Waals surface area (Å²) in [5.41, 5.74) is 7.25. The van der Waals surface area contributed by atoms with E-state index in [-0.39, 0.29) is 0 Å². The highest BCUT2D eigenvalue weighted by Crippen LogP contribution is 2.16. The minimum atomic E-state index is -0.706. The summed E-state index contributed by atoms with van der Waals surface area (Å²) in [6, 6.07) is 8.40. The van der Waals surface area contributed by atoms with Crippen molar-refractivity contribution < 1.29 is 5.11 Å². The summed E-state index contributed by atoms with van der Waals surface area (Å²) in [5, 5.41) is 10.1. The predicted molar refractivity (Wildman–Crippen MR) is 78.4 cm³/mol. The second kappa shape index (κ2) is 7.34. The van der Waals surface area contributed by atoms with Crippen molar-refractivity contribution in [3.05, 3.63) is 41.5 Å². The maximum absolute atomic E-state index is 10.1. The number of nitrogens with two attached hydrogens (primary N) is 1. The summed E-state index contributed by atoms with van der Waals surface area (Å²) >= 11 is 0. The Balaban J connectivity index is 2.69. The Morgan fingerprint density at radius 1 is 1.39 bits per heavy atom. The summed E-state index contributed by atoms with van der Waals surface area (Å²) < 4.78 is 0. The second-order valence-corrected chi connectivity index (χ2v) is 5.08. The fourth-order valence-corrected chi connectivity index (χ4v) is 2.02. The van der Waals surface area contributed by atoms with Crippen molar-refractivity contribution in [2.75, 3.05) is 6.54 Å². The van der Waals surface area contributed by atoms with Gasteiger partial charge in [-0.1, -0.05) is 49.8 Å². The highest BCUT2D eigenvalue weighted by Gasteiger charge is 2.13. The molecule has 2 nitrogen and oxygen atoms in total. The molecule has 0 radical (unpaired) electrons. The van der Waals surface area contributed by atoms with E-state index in [4.69, 9.17) is 5.73 Å². The highest BCUT2D eigenvalue weighted by atomic mass is 16.3. The molecule has 3 N–H and O–H groups in total. The number of rotatable bonds is 7. The third-order valence-corrected chi connectivity index (χ3v) is 3.01. The molecule has 0 saturated heterocycles. The van der Waals surface area contributed by atoms with E-state index in [2.05, 4.69) is 31.2 Å². The lowest BCUT2D eigenvalue weighted by atomic mass is 9.98. The number of hydrogen-bond acceptors (Lipinski definition) is 2. The highest BCUT2D eigenvalue weighted by molar-refractivity contribution is 5.51. The summed E-state index contributed by atoms with van der Waals surface area (Å²) in [5.74, 6) is 0. The van der Waals surface area contributed by atoms with Gasteiger partial charge < -0.3 is 10.8 Å². The predicted octanol–water partition coefficient (Wildman–Crippen LogP) is 3.14.